The van der Waals surface area contributed by atoms with Gasteiger partial charge < -0.3 is 5.32 Å². The maximum Gasteiger partial charge on any atom is 0.251 e. The standard InChI is InChI=1S/C16H13FINO/c17-13-4-1-10(2-5-13)16(20)19-15-8-11-3-6-14(18)7-12(11)9-15/h1-7,15H,8-9H2,(H,19,20). The minimum absolute atomic E-state index is 0.126. The highest BCUT2D eigenvalue weighted by molar-refractivity contribution is 14.1. The molecule has 0 heterocycles. The second kappa shape index (κ2) is 5.52. The topological polar surface area (TPSA) is 29.1 Å². The summed E-state index contributed by atoms with van der Waals surface area (Å²) in [6.07, 6.45) is 1.72. The zero-order valence-corrected chi connectivity index (χ0v) is 12.9. The molecular formula is C16H13FINO. The third-order valence-electron chi connectivity index (χ3n) is 3.54. The molecule has 3 rings (SSSR count). The molecule has 0 aromatic heterocycles. The fraction of sp³-hybridized carbons (Fsp3) is 0.188. The lowest BCUT2D eigenvalue weighted by molar-refractivity contribution is 0.0938. The first-order chi connectivity index (χ1) is 9.61. The fourth-order valence-electron chi connectivity index (χ4n) is 2.56. The number of carbonyl (C=O) groups is 1. The second-order valence-electron chi connectivity index (χ2n) is 5.00. The van der Waals surface area contributed by atoms with Crippen LogP contribution in [0.2, 0.25) is 0 Å². The van der Waals surface area contributed by atoms with Crippen molar-refractivity contribution in [3.63, 3.8) is 0 Å². The average Bonchev–Trinajstić information content (AvgIpc) is 2.80. The van der Waals surface area contributed by atoms with E-state index >= 15 is 0 Å². The highest BCUT2D eigenvalue weighted by Crippen LogP contribution is 2.24. The molecule has 0 aliphatic heterocycles. The molecule has 1 N–H and O–H groups in total. The number of fused-ring (bicyclic) bond motifs is 1. The predicted octanol–water partition coefficient (Wildman–Crippen LogP) is 3.33. The largest absolute Gasteiger partial charge is 0.349 e. The van der Waals surface area contributed by atoms with E-state index in [0.717, 1.165) is 12.8 Å². The van der Waals surface area contributed by atoms with E-state index in [-0.39, 0.29) is 17.8 Å². The molecule has 2 nitrogen and oxygen atoms in total. The lowest BCUT2D eigenvalue weighted by Gasteiger charge is -2.11. The highest BCUT2D eigenvalue weighted by atomic mass is 127. The van der Waals surface area contributed by atoms with Crippen LogP contribution in [0.15, 0.2) is 42.5 Å². The van der Waals surface area contributed by atoms with Gasteiger partial charge in [-0.25, -0.2) is 4.39 Å². The molecule has 1 aliphatic carbocycles. The summed E-state index contributed by atoms with van der Waals surface area (Å²) in [6.45, 7) is 0. The molecule has 0 radical (unpaired) electrons. The molecule has 0 fully saturated rings. The number of benzene rings is 2. The fourth-order valence-corrected chi connectivity index (χ4v) is 3.11. The molecule has 0 spiro atoms. The quantitative estimate of drug-likeness (QED) is 0.795. The van der Waals surface area contributed by atoms with E-state index in [1.807, 2.05) is 0 Å². The third-order valence-corrected chi connectivity index (χ3v) is 4.21. The Balaban J connectivity index is 1.68. The summed E-state index contributed by atoms with van der Waals surface area (Å²) in [5.41, 5.74) is 3.10. The van der Waals surface area contributed by atoms with Crippen molar-refractivity contribution in [1.29, 1.82) is 0 Å². The van der Waals surface area contributed by atoms with Gasteiger partial charge in [-0.3, -0.25) is 4.79 Å². The van der Waals surface area contributed by atoms with Crippen molar-refractivity contribution in [2.24, 2.45) is 0 Å². The van der Waals surface area contributed by atoms with Gasteiger partial charge in [-0.15, -0.1) is 0 Å². The zero-order valence-electron chi connectivity index (χ0n) is 10.7. The lowest BCUT2D eigenvalue weighted by atomic mass is 10.1. The summed E-state index contributed by atoms with van der Waals surface area (Å²) in [5, 5.41) is 3.02. The first kappa shape index (κ1) is 13.5. The van der Waals surface area contributed by atoms with Crippen LogP contribution in [0, 0.1) is 9.39 Å². The Bertz CT molecular complexity index is 654. The summed E-state index contributed by atoms with van der Waals surface area (Å²) in [7, 11) is 0. The molecule has 20 heavy (non-hydrogen) atoms. The molecule has 102 valence electrons. The summed E-state index contributed by atoms with van der Waals surface area (Å²) in [6, 6.07) is 12.1. The summed E-state index contributed by atoms with van der Waals surface area (Å²) < 4.78 is 14.1. The van der Waals surface area contributed by atoms with Crippen molar-refractivity contribution in [2.45, 2.75) is 18.9 Å². The Kier molecular flexibility index (Phi) is 3.74. The molecule has 4 heteroatoms. The Morgan fingerprint density at radius 3 is 2.55 bits per heavy atom. The number of amides is 1. The van der Waals surface area contributed by atoms with Crippen molar-refractivity contribution in [2.75, 3.05) is 0 Å². The predicted molar refractivity (Wildman–Crippen MR) is 84.2 cm³/mol. The first-order valence-electron chi connectivity index (χ1n) is 6.45. The van der Waals surface area contributed by atoms with Gasteiger partial charge in [0.1, 0.15) is 5.82 Å². The number of hydrogen-bond acceptors (Lipinski definition) is 1. The maximum absolute atomic E-state index is 12.8. The molecular weight excluding hydrogens is 368 g/mol. The van der Waals surface area contributed by atoms with Crippen LogP contribution in [0.25, 0.3) is 0 Å². The van der Waals surface area contributed by atoms with E-state index in [9.17, 15) is 9.18 Å². The SMILES string of the molecule is O=C(NC1Cc2ccc(I)cc2C1)c1ccc(F)cc1. The van der Waals surface area contributed by atoms with Crippen molar-refractivity contribution in [3.8, 4) is 0 Å². The van der Waals surface area contributed by atoms with Gasteiger partial charge in [-0.2, -0.15) is 0 Å². The first-order valence-corrected chi connectivity index (χ1v) is 7.53. The van der Waals surface area contributed by atoms with Crippen LogP contribution >= 0.6 is 22.6 Å². The van der Waals surface area contributed by atoms with E-state index < -0.39 is 0 Å². The molecule has 1 unspecified atom stereocenters. The van der Waals surface area contributed by atoms with Gasteiger partial charge in [-0.1, -0.05) is 6.07 Å². The van der Waals surface area contributed by atoms with Gasteiger partial charge >= 0.3 is 0 Å². The zero-order chi connectivity index (χ0) is 14.1. The van der Waals surface area contributed by atoms with Gasteiger partial charge in [0.25, 0.3) is 5.91 Å². The van der Waals surface area contributed by atoms with Gasteiger partial charge in [-0.05, 0) is 83.0 Å². The second-order valence-corrected chi connectivity index (χ2v) is 6.24. The molecule has 0 bridgehead atoms. The summed E-state index contributed by atoms with van der Waals surface area (Å²) >= 11 is 2.30. The van der Waals surface area contributed by atoms with Gasteiger partial charge in [0.15, 0.2) is 0 Å². The molecule has 1 atom stereocenters. The number of rotatable bonds is 2. The van der Waals surface area contributed by atoms with Crippen LogP contribution in [0.3, 0.4) is 0 Å². The smallest absolute Gasteiger partial charge is 0.251 e. The highest BCUT2D eigenvalue weighted by Gasteiger charge is 2.23. The average molecular weight is 381 g/mol. The number of nitrogens with one attached hydrogen (secondary N) is 1. The van der Waals surface area contributed by atoms with E-state index in [1.54, 1.807) is 0 Å². The third kappa shape index (κ3) is 2.85. The molecule has 2 aromatic carbocycles. The van der Waals surface area contributed by atoms with Crippen molar-refractivity contribution in [1.82, 2.24) is 5.32 Å². The number of halogens is 2. The summed E-state index contributed by atoms with van der Waals surface area (Å²) in [5.74, 6) is -0.470. The van der Waals surface area contributed by atoms with Crippen LogP contribution in [0.1, 0.15) is 21.5 Å². The number of hydrogen-bond donors (Lipinski definition) is 1. The number of carbonyl (C=O) groups excluding carboxylic acids is 1. The minimum atomic E-state index is -0.329. The molecule has 0 saturated heterocycles. The van der Waals surface area contributed by atoms with Gasteiger partial charge in [0.05, 0.1) is 0 Å². The lowest BCUT2D eigenvalue weighted by Crippen LogP contribution is -2.35. The molecule has 0 saturated carbocycles. The Labute approximate surface area is 130 Å². The monoisotopic (exact) mass is 381 g/mol. The van der Waals surface area contributed by atoms with E-state index in [4.69, 9.17) is 0 Å². The van der Waals surface area contributed by atoms with Crippen LogP contribution in [0.5, 0.6) is 0 Å². The van der Waals surface area contributed by atoms with Crippen LogP contribution in [-0.4, -0.2) is 11.9 Å². The Morgan fingerprint density at radius 1 is 1.10 bits per heavy atom. The Morgan fingerprint density at radius 2 is 1.80 bits per heavy atom. The maximum atomic E-state index is 12.8. The van der Waals surface area contributed by atoms with Gasteiger partial charge in [0.2, 0.25) is 0 Å². The van der Waals surface area contributed by atoms with Crippen molar-refractivity contribution in [3.05, 3.63) is 68.5 Å². The van der Waals surface area contributed by atoms with Crippen LogP contribution < -0.4 is 5.32 Å². The van der Waals surface area contributed by atoms with Gasteiger partial charge in [0, 0.05) is 15.2 Å². The Hall–Kier alpha value is -1.43. The van der Waals surface area contributed by atoms with E-state index in [0.29, 0.717) is 5.56 Å². The van der Waals surface area contributed by atoms with Crippen LogP contribution in [0.4, 0.5) is 4.39 Å². The van der Waals surface area contributed by atoms with E-state index in [1.165, 1.54) is 39.0 Å². The molecule has 1 aliphatic rings. The van der Waals surface area contributed by atoms with Crippen molar-refractivity contribution >= 4 is 28.5 Å². The minimum Gasteiger partial charge on any atom is -0.349 e. The summed E-state index contributed by atoms with van der Waals surface area (Å²) in [4.78, 5) is 12.1. The molecule has 1 amide bonds. The van der Waals surface area contributed by atoms with Crippen molar-refractivity contribution < 1.29 is 9.18 Å². The molecule has 2 aromatic rings. The normalized spacial score (nSPS) is 16.8. The van der Waals surface area contributed by atoms with E-state index in [2.05, 4.69) is 46.1 Å². The van der Waals surface area contributed by atoms with Crippen LogP contribution in [-0.2, 0) is 12.8 Å².